The van der Waals surface area contributed by atoms with E-state index in [2.05, 4.69) is 10.3 Å². The first kappa shape index (κ1) is 17.3. The zero-order valence-electron chi connectivity index (χ0n) is 15.8. The highest BCUT2D eigenvalue weighted by molar-refractivity contribution is 6.13. The van der Waals surface area contributed by atoms with Gasteiger partial charge in [0.2, 0.25) is 0 Å². The Kier molecular flexibility index (Phi) is 4.40. The predicted molar refractivity (Wildman–Crippen MR) is 110 cm³/mol. The molecule has 2 aromatic carbocycles. The number of carbonyl (C=O) groups is 1. The highest BCUT2D eigenvalue weighted by atomic mass is 16.3. The van der Waals surface area contributed by atoms with Crippen LogP contribution in [0.2, 0.25) is 0 Å². The highest BCUT2D eigenvalue weighted by Crippen LogP contribution is 2.35. The average molecular weight is 358 g/mol. The number of ketones is 1. The van der Waals surface area contributed by atoms with Crippen LogP contribution in [0.4, 0.5) is 11.4 Å². The Morgan fingerprint density at radius 2 is 1.96 bits per heavy atom. The van der Waals surface area contributed by atoms with Crippen LogP contribution >= 0.6 is 0 Å². The Bertz CT molecular complexity index is 1160. The first-order chi connectivity index (χ1) is 13.1. The summed E-state index contributed by atoms with van der Waals surface area (Å²) in [5.41, 5.74) is 5.04. The molecule has 136 valence electrons. The van der Waals surface area contributed by atoms with Gasteiger partial charge in [-0.05, 0) is 44.0 Å². The lowest BCUT2D eigenvalue weighted by atomic mass is 10.0. The number of hydrogen-bond donors (Lipinski definition) is 1. The lowest BCUT2D eigenvalue weighted by Crippen LogP contribution is -2.06. The molecule has 0 fully saturated rings. The molecule has 2 heterocycles. The molecule has 4 heteroatoms. The Labute approximate surface area is 158 Å². The molecule has 27 heavy (non-hydrogen) atoms. The van der Waals surface area contributed by atoms with Crippen molar-refractivity contribution in [1.29, 1.82) is 0 Å². The molecule has 4 rings (SSSR count). The van der Waals surface area contributed by atoms with Gasteiger partial charge in [-0.2, -0.15) is 0 Å². The maximum Gasteiger partial charge on any atom is 0.166 e. The second kappa shape index (κ2) is 6.88. The van der Waals surface area contributed by atoms with Crippen LogP contribution in [0.1, 0.15) is 41.4 Å². The molecule has 0 amide bonds. The van der Waals surface area contributed by atoms with Crippen LogP contribution in [0, 0.1) is 13.8 Å². The third-order valence-electron chi connectivity index (χ3n) is 4.83. The quantitative estimate of drug-likeness (QED) is 0.424. The van der Waals surface area contributed by atoms with Gasteiger partial charge in [0.1, 0.15) is 11.3 Å². The minimum absolute atomic E-state index is 0.0960. The fourth-order valence-corrected chi connectivity index (χ4v) is 3.44. The molecule has 0 unspecified atom stereocenters. The molecule has 0 saturated heterocycles. The Morgan fingerprint density at radius 1 is 1.15 bits per heavy atom. The van der Waals surface area contributed by atoms with Crippen LogP contribution in [0.15, 0.2) is 53.1 Å². The van der Waals surface area contributed by atoms with Crippen molar-refractivity contribution in [3.63, 3.8) is 0 Å². The number of fused-ring (bicyclic) bond motifs is 3. The van der Waals surface area contributed by atoms with Gasteiger partial charge < -0.3 is 9.73 Å². The molecule has 0 bridgehead atoms. The molecular formula is C23H22N2O2. The fraction of sp³-hybridized carbons (Fsp3) is 0.217. The van der Waals surface area contributed by atoms with Crippen LogP contribution in [-0.4, -0.2) is 10.8 Å². The van der Waals surface area contributed by atoms with Crippen molar-refractivity contribution in [2.75, 3.05) is 5.32 Å². The van der Waals surface area contributed by atoms with Crippen LogP contribution in [0.3, 0.4) is 0 Å². The van der Waals surface area contributed by atoms with Gasteiger partial charge in [0.25, 0.3) is 0 Å². The van der Waals surface area contributed by atoms with Crippen molar-refractivity contribution in [3.8, 4) is 0 Å². The van der Waals surface area contributed by atoms with Crippen LogP contribution in [0.5, 0.6) is 0 Å². The van der Waals surface area contributed by atoms with E-state index in [9.17, 15) is 4.79 Å². The molecule has 4 nitrogen and oxygen atoms in total. The van der Waals surface area contributed by atoms with E-state index < -0.39 is 0 Å². The number of pyridine rings is 1. The van der Waals surface area contributed by atoms with Gasteiger partial charge in [-0.15, -0.1) is 0 Å². The van der Waals surface area contributed by atoms with Crippen molar-refractivity contribution in [2.24, 2.45) is 0 Å². The molecule has 0 saturated carbocycles. The van der Waals surface area contributed by atoms with E-state index in [1.165, 1.54) is 0 Å². The number of para-hydroxylation sites is 1. The van der Waals surface area contributed by atoms with Crippen molar-refractivity contribution in [1.82, 2.24) is 4.98 Å². The van der Waals surface area contributed by atoms with Crippen LogP contribution < -0.4 is 5.32 Å². The van der Waals surface area contributed by atoms with E-state index in [4.69, 9.17) is 4.42 Å². The Hall–Kier alpha value is -3.14. The van der Waals surface area contributed by atoms with Crippen molar-refractivity contribution < 1.29 is 9.21 Å². The minimum atomic E-state index is 0.0960. The van der Waals surface area contributed by atoms with E-state index in [0.29, 0.717) is 12.0 Å². The second-order valence-electron chi connectivity index (χ2n) is 6.90. The summed E-state index contributed by atoms with van der Waals surface area (Å²) in [6, 6.07) is 14.1. The topological polar surface area (TPSA) is 55.1 Å². The number of aryl methyl sites for hydroxylation is 2. The van der Waals surface area contributed by atoms with E-state index >= 15 is 0 Å². The SMILES string of the molecule is CCCC(=O)c1cnc2c(ccc3cc(C)oc32)c1Nc1ccccc1C. The molecule has 4 aromatic rings. The van der Waals surface area contributed by atoms with Crippen molar-refractivity contribution in [2.45, 2.75) is 33.6 Å². The van der Waals surface area contributed by atoms with Crippen LogP contribution in [-0.2, 0) is 0 Å². The monoisotopic (exact) mass is 358 g/mol. The summed E-state index contributed by atoms with van der Waals surface area (Å²) >= 11 is 0. The maximum atomic E-state index is 12.7. The molecule has 1 N–H and O–H groups in total. The second-order valence-corrected chi connectivity index (χ2v) is 6.90. The predicted octanol–water partition coefficient (Wildman–Crippen LogP) is 6.32. The number of Topliss-reactive ketones (excluding diaryl/α,β-unsaturated/α-hetero) is 1. The summed E-state index contributed by atoms with van der Waals surface area (Å²) < 4.78 is 5.88. The molecule has 0 spiro atoms. The molecule has 2 aromatic heterocycles. The molecule has 0 aliphatic carbocycles. The highest BCUT2D eigenvalue weighted by Gasteiger charge is 2.18. The summed E-state index contributed by atoms with van der Waals surface area (Å²) in [5, 5.41) is 5.40. The number of benzene rings is 2. The third-order valence-corrected chi connectivity index (χ3v) is 4.83. The van der Waals surface area contributed by atoms with E-state index in [-0.39, 0.29) is 5.78 Å². The van der Waals surface area contributed by atoms with E-state index in [1.54, 1.807) is 6.20 Å². The van der Waals surface area contributed by atoms with Gasteiger partial charge in [0.05, 0.1) is 11.3 Å². The Balaban J connectivity index is 1.98. The third kappa shape index (κ3) is 3.08. The molecular weight excluding hydrogens is 336 g/mol. The number of rotatable bonds is 5. The molecule has 0 aliphatic heterocycles. The van der Waals surface area contributed by atoms with Gasteiger partial charge in [-0.3, -0.25) is 9.78 Å². The van der Waals surface area contributed by atoms with Gasteiger partial charge in [0, 0.05) is 29.1 Å². The molecule has 0 aliphatic rings. The molecule has 0 atom stereocenters. The largest absolute Gasteiger partial charge is 0.459 e. The van der Waals surface area contributed by atoms with Crippen LogP contribution in [0.25, 0.3) is 21.9 Å². The standard InChI is InChI=1S/C23H22N2O2/c1-4-7-20(26)18-13-24-22-17(11-10-16-12-15(3)27-23(16)22)21(18)25-19-9-6-5-8-14(19)2/h5-6,8-13H,4,7H2,1-3H3,(H,24,25). The minimum Gasteiger partial charge on any atom is -0.459 e. The summed E-state index contributed by atoms with van der Waals surface area (Å²) in [6.07, 6.45) is 2.98. The average Bonchev–Trinajstić information content (AvgIpc) is 3.04. The summed E-state index contributed by atoms with van der Waals surface area (Å²) in [5.74, 6) is 0.942. The van der Waals surface area contributed by atoms with E-state index in [1.807, 2.05) is 63.2 Å². The lowest BCUT2D eigenvalue weighted by molar-refractivity contribution is 0.0982. The smallest absolute Gasteiger partial charge is 0.166 e. The first-order valence-corrected chi connectivity index (χ1v) is 9.26. The number of furan rings is 1. The normalized spacial score (nSPS) is 11.2. The summed E-state index contributed by atoms with van der Waals surface area (Å²) in [4.78, 5) is 17.3. The lowest BCUT2D eigenvalue weighted by Gasteiger charge is -2.15. The van der Waals surface area contributed by atoms with Gasteiger partial charge in [-0.1, -0.05) is 31.2 Å². The first-order valence-electron chi connectivity index (χ1n) is 9.26. The number of hydrogen-bond acceptors (Lipinski definition) is 4. The van der Waals surface area contributed by atoms with E-state index in [0.717, 1.165) is 51.0 Å². The van der Waals surface area contributed by atoms with Crippen molar-refractivity contribution in [3.05, 3.63) is 65.5 Å². The van der Waals surface area contributed by atoms with Gasteiger partial charge in [-0.25, -0.2) is 0 Å². The zero-order chi connectivity index (χ0) is 19.0. The van der Waals surface area contributed by atoms with Gasteiger partial charge >= 0.3 is 0 Å². The number of aromatic nitrogens is 1. The van der Waals surface area contributed by atoms with Gasteiger partial charge in [0.15, 0.2) is 11.4 Å². The number of carbonyl (C=O) groups excluding carboxylic acids is 1. The van der Waals surface area contributed by atoms with Crippen molar-refractivity contribution >= 4 is 39.0 Å². The number of nitrogens with zero attached hydrogens (tertiary/aromatic N) is 1. The summed E-state index contributed by atoms with van der Waals surface area (Å²) in [7, 11) is 0. The summed E-state index contributed by atoms with van der Waals surface area (Å²) in [6.45, 7) is 5.99. The molecule has 0 radical (unpaired) electrons. The zero-order valence-corrected chi connectivity index (χ0v) is 15.8. The fourth-order valence-electron chi connectivity index (χ4n) is 3.44. The number of anilines is 2. The number of nitrogens with one attached hydrogen (secondary N) is 1. The Morgan fingerprint density at radius 3 is 2.74 bits per heavy atom. The maximum absolute atomic E-state index is 12.7.